The highest BCUT2D eigenvalue weighted by atomic mass is 32.2. The average molecular weight is 418 g/mol. The lowest BCUT2D eigenvalue weighted by atomic mass is 9.95. The molecule has 0 aliphatic rings. The van der Waals surface area contributed by atoms with Crippen molar-refractivity contribution in [3.63, 3.8) is 0 Å². The predicted molar refractivity (Wildman–Crippen MR) is 114 cm³/mol. The van der Waals surface area contributed by atoms with Crippen LogP contribution in [0.4, 0.5) is 0 Å². The van der Waals surface area contributed by atoms with Gasteiger partial charge in [0.2, 0.25) is 10.0 Å². The molecule has 2 aromatic heterocycles. The van der Waals surface area contributed by atoms with Gasteiger partial charge in [-0.2, -0.15) is 4.31 Å². The van der Waals surface area contributed by atoms with Gasteiger partial charge >= 0.3 is 0 Å². The van der Waals surface area contributed by atoms with Crippen molar-refractivity contribution in [2.45, 2.75) is 52.5 Å². The summed E-state index contributed by atoms with van der Waals surface area (Å²) in [6, 6.07) is 5.86. The second-order valence-electron chi connectivity index (χ2n) is 7.25. The maximum Gasteiger partial charge on any atom is 0.243 e. The summed E-state index contributed by atoms with van der Waals surface area (Å²) < 4.78 is 34.3. The smallest absolute Gasteiger partial charge is 0.243 e. The average Bonchev–Trinajstić information content (AvgIpc) is 3.35. The Morgan fingerprint density at radius 2 is 1.61 bits per heavy atom. The first-order valence-electron chi connectivity index (χ1n) is 9.34. The molecule has 0 saturated carbocycles. The van der Waals surface area contributed by atoms with Crippen LogP contribution >= 0.6 is 11.3 Å². The van der Waals surface area contributed by atoms with E-state index in [0.29, 0.717) is 24.4 Å². The predicted octanol–water partition coefficient (Wildman–Crippen LogP) is 5.32. The van der Waals surface area contributed by atoms with Crippen molar-refractivity contribution in [1.29, 1.82) is 0 Å². The Morgan fingerprint density at radius 3 is 2.14 bits per heavy atom. The van der Waals surface area contributed by atoms with E-state index < -0.39 is 10.0 Å². The van der Waals surface area contributed by atoms with Crippen LogP contribution in [0.5, 0.6) is 0 Å². The van der Waals surface area contributed by atoms with Crippen LogP contribution in [0.25, 0.3) is 0 Å². The van der Waals surface area contributed by atoms with Gasteiger partial charge in [-0.15, -0.1) is 11.3 Å². The third-order valence-electron chi connectivity index (χ3n) is 5.66. The summed E-state index contributed by atoms with van der Waals surface area (Å²) in [5.41, 5.74) is 5.79. The van der Waals surface area contributed by atoms with Crippen molar-refractivity contribution < 1.29 is 12.8 Å². The summed E-state index contributed by atoms with van der Waals surface area (Å²) in [5, 5.41) is 2.02. The Balaban J connectivity index is 2.05. The first kappa shape index (κ1) is 20.8. The Hall–Kier alpha value is -1.89. The number of benzene rings is 1. The monoisotopic (exact) mass is 417 g/mol. The summed E-state index contributed by atoms with van der Waals surface area (Å²) in [7, 11) is -3.66. The van der Waals surface area contributed by atoms with Gasteiger partial charge in [0.25, 0.3) is 0 Å². The van der Waals surface area contributed by atoms with Crippen molar-refractivity contribution in [3.05, 3.63) is 74.4 Å². The fourth-order valence-corrected chi connectivity index (χ4v) is 6.23. The first-order chi connectivity index (χ1) is 13.2. The number of thiophene rings is 1. The Morgan fingerprint density at radius 1 is 0.964 bits per heavy atom. The lowest BCUT2D eigenvalue weighted by molar-refractivity contribution is 0.407. The number of sulfonamides is 1. The van der Waals surface area contributed by atoms with E-state index in [-0.39, 0.29) is 0 Å². The number of furan rings is 1. The largest absolute Gasteiger partial charge is 0.472 e. The molecule has 0 fully saturated rings. The molecule has 0 spiro atoms. The quantitative estimate of drug-likeness (QED) is 0.523. The molecule has 0 aliphatic heterocycles. The molecule has 1 aromatic carbocycles. The van der Waals surface area contributed by atoms with Crippen LogP contribution in [0.1, 0.15) is 38.3 Å². The SMILES string of the molecule is Cc1c(C)c(C)c(S(=O)(=O)N(CCc2cccs2)Cc2ccoc2)c(C)c1C. The molecule has 0 amide bonds. The molecular weight excluding hydrogens is 390 g/mol. The fraction of sp³-hybridized carbons (Fsp3) is 0.364. The van der Waals surface area contributed by atoms with E-state index in [1.54, 1.807) is 28.2 Å². The Labute approximate surface area is 171 Å². The molecular formula is C22H27NO3S2. The van der Waals surface area contributed by atoms with Crippen LogP contribution in [0.2, 0.25) is 0 Å². The molecule has 3 rings (SSSR count). The fourth-order valence-electron chi connectivity index (χ4n) is 3.54. The highest BCUT2D eigenvalue weighted by molar-refractivity contribution is 7.89. The van der Waals surface area contributed by atoms with Gasteiger partial charge in [-0.1, -0.05) is 6.07 Å². The van der Waals surface area contributed by atoms with Gasteiger partial charge in [0.1, 0.15) is 0 Å². The number of rotatable bonds is 7. The van der Waals surface area contributed by atoms with Gasteiger partial charge in [0, 0.05) is 23.5 Å². The van der Waals surface area contributed by atoms with Crippen LogP contribution in [-0.4, -0.2) is 19.3 Å². The third kappa shape index (κ3) is 3.95. The molecule has 3 aromatic rings. The lowest BCUT2D eigenvalue weighted by Gasteiger charge is -2.26. The molecule has 0 radical (unpaired) electrons. The molecule has 0 aliphatic carbocycles. The summed E-state index contributed by atoms with van der Waals surface area (Å²) in [5.74, 6) is 0. The van der Waals surface area contributed by atoms with Gasteiger partial charge in [-0.25, -0.2) is 8.42 Å². The highest BCUT2D eigenvalue weighted by Crippen LogP contribution is 2.32. The third-order valence-corrected chi connectivity index (χ3v) is 8.71. The number of hydrogen-bond donors (Lipinski definition) is 0. The van der Waals surface area contributed by atoms with E-state index in [4.69, 9.17) is 4.42 Å². The minimum Gasteiger partial charge on any atom is -0.472 e. The van der Waals surface area contributed by atoms with Crippen molar-refractivity contribution in [2.75, 3.05) is 6.54 Å². The Bertz CT molecular complexity index is 1020. The Kier molecular flexibility index (Phi) is 6.12. The molecule has 0 saturated heterocycles. The zero-order chi connectivity index (χ0) is 20.5. The van der Waals surface area contributed by atoms with Crippen molar-refractivity contribution in [3.8, 4) is 0 Å². The van der Waals surface area contributed by atoms with E-state index in [9.17, 15) is 8.42 Å². The van der Waals surface area contributed by atoms with Crippen LogP contribution in [0.3, 0.4) is 0 Å². The lowest BCUT2D eigenvalue weighted by Crippen LogP contribution is -2.33. The van der Waals surface area contributed by atoms with Crippen molar-refractivity contribution in [1.82, 2.24) is 4.31 Å². The van der Waals surface area contributed by atoms with E-state index in [1.807, 2.05) is 51.3 Å². The van der Waals surface area contributed by atoms with Crippen molar-refractivity contribution in [2.24, 2.45) is 0 Å². The molecule has 4 nitrogen and oxygen atoms in total. The molecule has 6 heteroatoms. The maximum atomic E-state index is 13.8. The second-order valence-corrected chi connectivity index (χ2v) is 10.2. The van der Waals surface area contributed by atoms with Crippen molar-refractivity contribution >= 4 is 21.4 Å². The van der Waals surface area contributed by atoms with Crippen LogP contribution in [-0.2, 0) is 23.0 Å². The van der Waals surface area contributed by atoms with Gasteiger partial charge in [0.15, 0.2) is 0 Å². The maximum absolute atomic E-state index is 13.8. The van der Waals surface area contributed by atoms with Crippen LogP contribution in [0, 0.1) is 34.6 Å². The molecule has 28 heavy (non-hydrogen) atoms. The summed E-state index contributed by atoms with van der Waals surface area (Å²) in [6.45, 7) is 10.6. The highest BCUT2D eigenvalue weighted by Gasteiger charge is 2.30. The number of hydrogen-bond acceptors (Lipinski definition) is 4. The van der Waals surface area contributed by atoms with Gasteiger partial charge in [-0.3, -0.25) is 0 Å². The molecule has 0 N–H and O–H groups in total. The summed E-state index contributed by atoms with van der Waals surface area (Å²) in [4.78, 5) is 1.62. The first-order valence-corrected chi connectivity index (χ1v) is 11.7. The molecule has 0 unspecified atom stereocenters. The minimum atomic E-state index is -3.66. The zero-order valence-corrected chi connectivity index (χ0v) is 18.7. The zero-order valence-electron chi connectivity index (χ0n) is 17.1. The van der Waals surface area contributed by atoms with E-state index in [1.165, 1.54) is 4.88 Å². The summed E-state index contributed by atoms with van der Waals surface area (Å²) in [6.07, 6.45) is 3.88. The molecule has 0 atom stereocenters. The standard InChI is InChI=1S/C22H27NO3S2/c1-15-16(2)18(4)22(19(5)17(15)3)28(24,25)23(13-20-9-11-26-14-20)10-8-21-7-6-12-27-21/h6-7,9,11-12,14H,8,10,13H2,1-5H3. The van der Waals surface area contributed by atoms with E-state index >= 15 is 0 Å². The van der Waals surface area contributed by atoms with Gasteiger partial charge in [-0.05, 0) is 86.4 Å². The molecule has 0 bridgehead atoms. The van der Waals surface area contributed by atoms with E-state index in [2.05, 4.69) is 6.92 Å². The van der Waals surface area contributed by atoms with Gasteiger partial charge in [0.05, 0.1) is 17.4 Å². The normalized spacial score (nSPS) is 12.1. The van der Waals surface area contributed by atoms with Crippen LogP contribution < -0.4 is 0 Å². The van der Waals surface area contributed by atoms with E-state index in [0.717, 1.165) is 33.4 Å². The number of nitrogens with zero attached hydrogens (tertiary/aromatic N) is 1. The second kappa shape index (κ2) is 8.23. The van der Waals surface area contributed by atoms with Gasteiger partial charge < -0.3 is 4.42 Å². The summed E-state index contributed by atoms with van der Waals surface area (Å²) >= 11 is 1.65. The minimum absolute atomic E-state index is 0.301. The van der Waals surface area contributed by atoms with Crippen LogP contribution in [0.15, 0.2) is 45.4 Å². The topological polar surface area (TPSA) is 50.5 Å². The molecule has 2 heterocycles. The molecule has 150 valence electrons.